The molecule has 0 amide bonds. The summed E-state index contributed by atoms with van der Waals surface area (Å²) >= 11 is 0. The van der Waals surface area contributed by atoms with Gasteiger partial charge < -0.3 is 10.4 Å². The first-order valence-corrected chi connectivity index (χ1v) is 6.79. The third-order valence-corrected chi connectivity index (χ3v) is 4.42. The van der Waals surface area contributed by atoms with Crippen LogP contribution >= 0.6 is 0 Å². The molecule has 100 valence electrons. The predicted octanol–water partition coefficient (Wildman–Crippen LogP) is 3.07. The van der Waals surface area contributed by atoms with Crippen LogP contribution in [0, 0.1) is 11.3 Å². The molecule has 1 saturated carbocycles. The molecule has 2 rings (SSSR count). The van der Waals surface area contributed by atoms with Crippen molar-refractivity contribution in [1.29, 1.82) is 0 Å². The summed E-state index contributed by atoms with van der Waals surface area (Å²) in [6, 6.07) is 5.78. The van der Waals surface area contributed by atoms with Crippen LogP contribution in [0.2, 0.25) is 0 Å². The van der Waals surface area contributed by atoms with Gasteiger partial charge in [-0.25, -0.2) is 4.98 Å². The van der Waals surface area contributed by atoms with E-state index in [0.29, 0.717) is 12.5 Å². The Bertz CT molecular complexity index is 391. The molecule has 0 saturated heterocycles. The van der Waals surface area contributed by atoms with Crippen molar-refractivity contribution in [3.05, 3.63) is 24.4 Å². The minimum Gasteiger partial charge on any atom is -0.388 e. The van der Waals surface area contributed by atoms with Crippen molar-refractivity contribution in [3.63, 3.8) is 0 Å². The summed E-state index contributed by atoms with van der Waals surface area (Å²) in [7, 11) is 0. The standard InChI is InChI=1S/C15H24N2O/c1-12-7-8-15(18,10-14(12,2)3)11-17-13-6-4-5-9-16-13/h4-6,9,12,18H,7-8,10-11H2,1-3H3,(H,16,17). The quantitative estimate of drug-likeness (QED) is 0.864. The number of aliphatic hydroxyl groups is 1. The highest BCUT2D eigenvalue weighted by molar-refractivity contribution is 5.33. The number of nitrogens with zero attached hydrogens (tertiary/aromatic N) is 1. The Morgan fingerprint density at radius 1 is 1.44 bits per heavy atom. The summed E-state index contributed by atoms with van der Waals surface area (Å²) in [5, 5.41) is 13.9. The van der Waals surface area contributed by atoms with Gasteiger partial charge >= 0.3 is 0 Å². The van der Waals surface area contributed by atoms with Gasteiger partial charge in [0.25, 0.3) is 0 Å². The number of hydrogen-bond donors (Lipinski definition) is 2. The summed E-state index contributed by atoms with van der Waals surface area (Å²) in [5.74, 6) is 1.51. The summed E-state index contributed by atoms with van der Waals surface area (Å²) < 4.78 is 0. The average molecular weight is 248 g/mol. The Kier molecular flexibility index (Phi) is 3.62. The van der Waals surface area contributed by atoms with E-state index in [0.717, 1.165) is 25.1 Å². The molecule has 2 unspecified atom stereocenters. The van der Waals surface area contributed by atoms with Gasteiger partial charge in [-0.05, 0) is 42.7 Å². The van der Waals surface area contributed by atoms with E-state index in [1.165, 1.54) is 0 Å². The van der Waals surface area contributed by atoms with Crippen molar-refractivity contribution in [3.8, 4) is 0 Å². The second kappa shape index (κ2) is 4.88. The fourth-order valence-electron chi connectivity index (χ4n) is 2.86. The van der Waals surface area contributed by atoms with E-state index < -0.39 is 5.60 Å². The first-order valence-electron chi connectivity index (χ1n) is 6.79. The number of hydrogen-bond acceptors (Lipinski definition) is 3. The molecule has 1 aromatic rings. The van der Waals surface area contributed by atoms with E-state index in [1.807, 2.05) is 18.2 Å². The van der Waals surface area contributed by atoms with Gasteiger partial charge in [-0.1, -0.05) is 26.8 Å². The highest BCUT2D eigenvalue weighted by Crippen LogP contribution is 2.44. The van der Waals surface area contributed by atoms with Crippen molar-refractivity contribution in [2.45, 2.75) is 45.6 Å². The minimum absolute atomic E-state index is 0.207. The molecule has 0 aliphatic heterocycles. The van der Waals surface area contributed by atoms with Crippen LogP contribution in [0.1, 0.15) is 40.0 Å². The van der Waals surface area contributed by atoms with Gasteiger partial charge in [0, 0.05) is 12.7 Å². The van der Waals surface area contributed by atoms with Crippen LogP contribution in [0.25, 0.3) is 0 Å². The van der Waals surface area contributed by atoms with Crippen LogP contribution in [0.5, 0.6) is 0 Å². The van der Waals surface area contributed by atoms with Crippen molar-refractivity contribution >= 4 is 5.82 Å². The summed E-state index contributed by atoms with van der Waals surface area (Å²) in [4.78, 5) is 4.22. The number of pyridine rings is 1. The number of rotatable bonds is 3. The number of anilines is 1. The molecule has 3 nitrogen and oxygen atoms in total. The van der Waals surface area contributed by atoms with Gasteiger partial charge in [-0.15, -0.1) is 0 Å². The molecular formula is C15H24N2O. The molecule has 0 radical (unpaired) electrons. The maximum absolute atomic E-state index is 10.7. The predicted molar refractivity (Wildman–Crippen MR) is 74.5 cm³/mol. The molecule has 2 N–H and O–H groups in total. The Balaban J connectivity index is 1.96. The Morgan fingerprint density at radius 2 is 2.22 bits per heavy atom. The van der Waals surface area contributed by atoms with Gasteiger partial charge in [0.2, 0.25) is 0 Å². The number of nitrogens with one attached hydrogen (secondary N) is 1. The molecule has 0 bridgehead atoms. The van der Waals surface area contributed by atoms with Crippen molar-refractivity contribution in [2.24, 2.45) is 11.3 Å². The molecule has 1 aromatic heterocycles. The summed E-state index contributed by atoms with van der Waals surface area (Å²) in [5.41, 5.74) is -0.397. The van der Waals surface area contributed by atoms with Gasteiger partial charge in [0.05, 0.1) is 5.60 Å². The first-order chi connectivity index (χ1) is 8.41. The normalized spacial score (nSPS) is 31.0. The molecular weight excluding hydrogens is 224 g/mol. The fourth-order valence-corrected chi connectivity index (χ4v) is 2.86. The number of aromatic nitrogens is 1. The highest BCUT2D eigenvalue weighted by atomic mass is 16.3. The van der Waals surface area contributed by atoms with E-state index in [2.05, 4.69) is 31.1 Å². The topological polar surface area (TPSA) is 45.1 Å². The molecule has 0 spiro atoms. The van der Waals surface area contributed by atoms with E-state index in [-0.39, 0.29) is 5.41 Å². The molecule has 3 heteroatoms. The van der Waals surface area contributed by atoms with Crippen molar-refractivity contribution in [1.82, 2.24) is 4.98 Å². The molecule has 2 atom stereocenters. The van der Waals surface area contributed by atoms with Crippen LogP contribution in [0.3, 0.4) is 0 Å². The maximum Gasteiger partial charge on any atom is 0.125 e. The molecule has 1 aliphatic rings. The largest absolute Gasteiger partial charge is 0.388 e. The van der Waals surface area contributed by atoms with E-state index >= 15 is 0 Å². The van der Waals surface area contributed by atoms with Gasteiger partial charge in [-0.2, -0.15) is 0 Å². The third-order valence-electron chi connectivity index (χ3n) is 4.42. The second-order valence-electron chi connectivity index (χ2n) is 6.40. The van der Waals surface area contributed by atoms with Crippen molar-refractivity contribution < 1.29 is 5.11 Å². The lowest BCUT2D eigenvalue weighted by Crippen LogP contribution is -2.47. The SMILES string of the molecule is CC1CCC(O)(CNc2ccccn2)CC1(C)C. The monoisotopic (exact) mass is 248 g/mol. The lowest BCUT2D eigenvalue weighted by Gasteiger charge is -2.45. The zero-order valence-corrected chi connectivity index (χ0v) is 11.6. The van der Waals surface area contributed by atoms with Crippen LogP contribution < -0.4 is 5.32 Å². The maximum atomic E-state index is 10.7. The zero-order valence-electron chi connectivity index (χ0n) is 11.6. The zero-order chi connectivity index (χ0) is 13.2. The van der Waals surface area contributed by atoms with Crippen LogP contribution in [-0.4, -0.2) is 22.2 Å². The first kappa shape index (κ1) is 13.3. The van der Waals surface area contributed by atoms with Crippen molar-refractivity contribution in [2.75, 3.05) is 11.9 Å². The van der Waals surface area contributed by atoms with Crippen LogP contribution in [0.4, 0.5) is 5.82 Å². The fraction of sp³-hybridized carbons (Fsp3) is 0.667. The second-order valence-corrected chi connectivity index (χ2v) is 6.40. The Hall–Kier alpha value is -1.09. The highest BCUT2D eigenvalue weighted by Gasteiger charge is 2.42. The van der Waals surface area contributed by atoms with Gasteiger partial charge in [-0.3, -0.25) is 0 Å². The lowest BCUT2D eigenvalue weighted by atomic mass is 9.64. The molecule has 0 aromatic carbocycles. The minimum atomic E-state index is -0.604. The lowest BCUT2D eigenvalue weighted by molar-refractivity contribution is -0.0511. The van der Waals surface area contributed by atoms with Gasteiger partial charge in [0.15, 0.2) is 0 Å². The van der Waals surface area contributed by atoms with Gasteiger partial charge in [0.1, 0.15) is 5.82 Å². The van der Waals surface area contributed by atoms with E-state index in [1.54, 1.807) is 6.20 Å². The Morgan fingerprint density at radius 3 is 2.83 bits per heavy atom. The third kappa shape index (κ3) is 3.02. The molecule has 18 heavy (non-hydrogen) atoms. The smallest absolute Gasteiger partial charge is 0.125 e. The van der Waals surface area contributed by atoms with E-state index in [4.69, 9.17) is 0 Å². The van der Waals surface area contributed by atoms with Crippen LogP contribution in [-0.2, 0) is 0 Å². The molecule has 1 fully saturated rings. The summed E-state index contributed by atoms with van der Waals surface area (Å²) in [6.07, 6.45) is 4.57. The summed E-state index contributed by atoms with van der Waals surface area (Å²) in [6.45, 7) is 7.37. The average Bonchev–Trinajstić information content (AvgIpc) is 2.33. The molecule has 1 aliphatic carbocycles. The Labute approximate surface area is 110 Å². The van der Waals surface area contributed by atoms with Crippen LogP contribution in [0.15, 0.2) is 24.4 Å². The van der Waals surface area contributed by atoms with E-state index in [9.17, 15) is 5.11 Å². The molecule has 1 heterocycles.